The highest BCUT2D eigenvalue weighted by Gasteiger charge is 2.66. The lowest BCUT2D eigenvalue weighted by atomic mass is 9.42. The molecular formula is C54H84. The third kappa shape index (κ3) is 5.72. The maximum Gasteiger partial charge on any atom is -0.0134 e. The van der Waals surface area contributed by atoms with Crippen LogP contribution >= 0.6 is 0 Å². The molecule has 0 heterocycles. The zero-order valence-corrected chi connectivity index (χ0v) is 36.3. The van der Waals surface area contributed by atoms with Crippen LogP contribution in [0.5, 0.6) is 0 Å². The van der Waals surface area contributed by atoms with Gasteiger partial charge >= 0.3 is 0 Å². The van der Waals surface area contributed by atoms with Gasteiger partial charge in [-0.2, -0.15) is 0 Å². The third-order valence-corrected chi connectivity index (χ3v) is 22.1. The summed E-state index contributed by atoms with van der Waals surface area (Å²) in [7, 11) is 0. The van der Waals surface area contributed by atoms with Crippen LogP contribution in [0.1, 0.15) is 183 Å². The highest BCUT2D eigenvalue weighted by molar-refractivity contribution is 5.25. The van der Waals surface area contributed by atoms with Crippen LogP contribution in [-0.2, 0) is 0 Å². The fraction of sp³-hybridized carbons (Fsp3) is 0.926. The van der Waals surface area contributed by atoms with Crippen molar-refractivity contribution in [1.82, 2.24) is 0 Å². The van der Waals surface area contributed by atoms with Gasteiger partial charge in [0, 0.05) is 0 Å². The lowest BCUT2D eigenvalue weighted by Crippen LogP contribution is -2.56. The van der Waals surface area contributed by atoms with Gasteiger partial charge in [-0.3, -0.25) is 0 Å². The Morgan fingerprint density at radius 2 is 0.981 bits per heavy atom. The molecule has 0 spiro atoms. The van der Waals surface area contributed by atoms with Crippen LogP contribution in [0.25, 0.3) is 0 Å². The second-order valence-corrected chi connectivity index (χ2v) is 25.5. The number of rotatable bonds is 2. The minimum absolute atomic E-state index is 0.322. The lowest BCUT2D eigenvalue weighted by molar-refractivity contribution is -0.135. The van der Waals surface area contributed by atoms with Gasteiger partial charge in [-0.05, 0) is 226 Å². The summed E-state index contributed by atoms with van der Waals surface area (Å²) in [6, 6.07) is 0. The van der Waals surface area contributed by atoms with Crippen LogP contribution in [0.2, 0.25) is 0 Å². The SMILES string of the molecule is CC(C)(C)C1=CCC(C2=CCC(C(C)(C)C)CC2)C(C2CC3CC4C(CC3C3CC5C6CCCCC6C6CCCC(C32)C65)C2CCCC3CCCC4C32)C1. The average Bonchev–Trinajstić information content (AvgIpc) is 3.67. The van der Waals surface area contributed by atoms with E-state index < -0.39 is 0 Å². The van der Waals surface area contributed by atoms with Crippen molar-refractivity contribution in [2.24, 2.45) is 129 Å². The van der Waals surface area contributed by atoms with Gasteiger partial charge in [-0.15, -0.1) is 0 Å². The highest BCUT2D eigenvalue weighted by atomic mass is 14.7. The standard InChI is InChI=1S/C54H84/c1-53(2,3)34-22-20-31(21-23-34)36-25-24-35(54(4,5)6)28-45(36)47-27-33-26-44-40-16-9-12-32-13-10-17-41(50(32)40)46(44)29-43(33)49-30-48-38-15-8-7-14-37(38)39-18-11-19-42(51(39)48)52(47)49/h20,24,32-34,36-52H,7-19,21-23,25-30H2,1-6H3. The molecule has 0 heteroatoms. The summed E-state index contributed by atoms with van der Waals surface area (Å²) in [4.78, 5) is 0. The molecule has 9 saturated carbocycles. The minimum Gasteiger partial charge on any atom is -0.0847 e. The first-order chi connectivity index (χ1) is 26.0. The molecule has 0 radical (unpaired) electrons. The Bertz CT molecular complexity index is 1460. The van der Waals surface area contributed by atoms with Crippen molar-refractivity contribution in [3.63, 3.8) is 0 Å². The van der Waals surface area contributed by atoms with Gasteiger partial charge in [0.05, 0.1) is 0 Å². The summed E-state index contributed by atoms with van der Waals surface area (Å²) < 4.78 is 0. The average molecular weight is 733 g/mol. The smallest absolute Gasteiger partial charge is 0.0134 e. The molecule has 54 heavy (non-hydrogen) atoms. The van der Waals surface area contributed by atoms with E-state index in [0.717, 1.165) is 118 Å². The molecule has 0 saturated heterocycles. The number of fused-ring (bicyclic) bond motifs is 10. The summed E-state index contributed by atoms with van der Waals surface area (Å²) in [6.45, 7) is 15.3. The van der Waals surface area contributed by atoms with E-state index >= 15 is 0 Å². The summed E-state index contributed by atoms with van der Waals surface area (Å²) in [5, 5.41) is 0. The van der Waals surface area contributed by atoms with Crippen LogP contribution in [0.4, 0.5) is 0 Å². The Labute approximate surface area is 334 Å². The summed E-state index contributed by atoms with van der Waals surface area (Å²) in [6.07, 6.45) is 40.3. The van der Waals surface area contributed by atoms with Crippen molar-refractivity contribution >= 4 is 0 Å². The van der Waals surface area contributed by atoms with E-state index in [2.05, 4.69) is 53.7 Å². The molecule has 20 unspecified atom stereocenters. The van der Waals surface area contributed by atoms with Crippen LogP contribution < -0.4 is 0 Å². The molecule has 0 aromatic heterocycles. The lowest BCUT2D eigenvalue weighted by Gasteiger charge is -2.63. The molecule has 0 aromatic rings. The van der Waals surface area contributed by atoms with Crippen molar-refractivity contribution in [2.75, 3.05) is 0 Å². The largest absolute Gasteiger partial charge is 0.0847 e. The minimum atomic E-state index is 0.322. The van der Waals surface area contributed by atoms with E-state index in [1.807, 2.05) is 11.1 Å². The topological polar surface area (TPSA) is 0 Å². The molecule has 0 aliphatic heterocycles. The van der Waals surface area contributed by atoms with Gasteiger partial charge < -0.3 is 0 Å². The van der Waals surface area contributed by atoms with E-state index in [9.17, 15) is 0 Å². The molecule has 0 aromatic carbocycles. The zero-order chi connectivity index (χ0) is 36.7. The predicted molar refractivity (Wildman–Crippen MR) is 226 cm³/mol. The first kappa shape index (κ1) is 36.6. The first-order valence-electron chi connectivity index (χ1n) is 25.4. The molecule has 11 aliphatic carbocycles. The monoisotopic (exact) mass is 733 g/mol. The zero-order valence-electron chi connectivity index (χ0n) is 36.3. The maximum absolute atomic E-state index is 2.87. The van der Waals surface area contributed by atoms with E-state index in [1.54, 1.807) is 109 Å². The van der Waals surface area contributed by atoms with Crippen LogP contribution in [-0.4, -0.2) is 0 Å². The Balaban J connectivity index is 0.988. The fourth-order valence-corrected chi connectivity index (χ4v) is 20.3. The highest BCUT2D eigenvalue weighted by Crippen LogP contribution is 2.73. The molecule has 0 bridgehead atoms. The van der Waals surface area contributed by atoms with E-state index in [1.165, 1.54) is 32.1 Å². The molecule has 20 atom stereocenters. The number of hydrogen-bond acceptors (Lipinski definition) is 0. The molecule has 300 valence electrons. The van der Waals surface area contributed by atoms with Crippen molar-refractivity contribution in [2.45, 2.75) is 183 Å². The van der Waals surface area contributed by atoms with Crippen LogP contribution in [0.3, 0.4) is 0 Å². The molecule has 0 N–H and O–H groups in total. The van der Waals surface area contributed by atoms with Crippen molar-refractivity contribution in [3.8, 4) is 0 Å². The van der Waals surface area contributed by atoms with Gasteiger partial charge in [-0.1, -0.05) is 110 Å². The second-order valence-electron chi connectivity index (χ2n) is 25.5. The molecular weight excluding hydrogens is 649 g/mol. The molecule has 0 nitrogen and oxygen atoms in total. The van der Waals surface area contributed by atoms with Crippen LogP contribution in [0, 0.1) is 129 Å². The summed E-state index contributed by atoms with van der Waals surface area (Å²) in [5.74, 6) is 21.4. The molecule has 11 rings (SSSR count). The molecule has 9 fully saturated rings. The van der Waals surface area contributed by atoms with Gasteiger partial charge in [-0.25, -0.2) is 0 Å². The molecule has 11 aliphatic rings. The quantitative estimate of drug-likeness (QED) is 0.248. The first-order valence-corrected chi connectivity index (χ1v) is 25.4. The van der Waals surface area contributed by atoms with Gasteiger partial charge in [0.1, 0.15) is 0 Å². The van der Waals surface area contributed by atoms with E-state index in [0.29, 0.717) is 10.8 Å². The third-order valence-electron chi connectivity index (χ3n) is 22.1. The second kappa shape index (κ2) is 13.5. The summed E-state index contributed by atoms with van der Waals surface area (Å²) in [5.41, 5.74) is 4.57. The molecule has 0 amide bonds. The van der Waals surface area contributed by atoms with Gasteiger partial charge in [0.2, 0.25) is 0 Å². The van der Waals surface area contributed by atoms with E-state index in [4.69, 9.17) is 0 Å². The van der Waals surface area contributed by atoms with Crippen molar-refractivity contribution in [1.29, 1.82) is 0 Å². The summed E-state index contributed by atoms with van der Waals surface area (Å²) >= 11 is 0. The Morgan fingerprint density at radius 1 is 0.426 bits per heavy atom. The predicted octanol–water partition coefficient (Wildman–Crippen LogP) is 15.0. The van der Waals surface area contributed by atoms with Crippen molar-refractivity contribution < 1.29 is 0 Å². The Hall–Kier alpha value is -0.520. The van der Waals surface area contributed by atoms with Crippen molar-refractivity contribution in [3.05, 3.63) is 23.3 Å². The fourth-order valence-electron chi connectivity index (χ4n) is 20.3. The maximum atomic E-state index is 2.87. The Kier molecular flexibility index (Phi) is 9.14. The normalized spacial score (nSPS) is 53.8. The Morgan fingerprint density at radius 3 is 1.67 bits per heavy atom. The van der Waals surface area contributed by atoms with Gasteiger partial charge in [0.15, 0.2) is 0 Å². The van der Waals surface area contributed by atoms with E-state index in [-0.39, 0.29) is 0 Å². The van der Waals surface area contributed by atoms with Crippen LogP contribution in [0.15, 0.2) is 23.3 Å². The number of allylic oxidation sites excluding steroid dienone is 4. The van der Waals surface area contributed by atoms with Gasteiger partial charge in [0.25, 0.3) is 0 Å². The number of hydrogen-bond donors (Lipinski definition) is 0.